The van der Waals surface area contributed by atoms with Crippen LogP contribution in [0.15, 0.2) is 132 Å². The maximum Gasteiger partial charge on any atom is 0.297 e. The van der Waals surface area contributed by atoms with E-state index in [1.165, 1.54) is 89.1 Å². The van der Waals surface area contributed by atoms with Crippen molar-refractivity contribution in [2.75, 3.05) is 14.7 Å². The molecule has 1 aromatic heterocycles. The molecule has 2 aliphatic carbocycles. The first kappa shape index (κ1) is 53.2. The van der Waals surface area contributed by atoms with Crippen LogP contribution in [0.5, 0.6) is 0 Å². The van der Waals surface area contributed by atoms with E-state index in [2.05, 4.69) is 274 Å². The van der Waals surface area contributed by atoms with Gasteiger partial charge in [-0.25, -0.2) is 0 Å². The van der Waals surface area contributed by atoms with E-state index in [9.17, 15) is 0 Å². The molecule has 3 heterocycles. The Hall–Kier alpha value is -6.46. The molecule has 0 unspecified atom stereocenters. The van der Waals surface area contributed by atoms with E-state index in [-0.39, 0.29) is 44.6 Å². The zero-order valence-electron chi connectivity index (χ0n) is 51.3. The second-order valence-corrected chi connectivity index (χ2v) is 30.2. The largest absolute Gasteiger partial charge is 0.468 e. The Kier molecular flexibility index (Phi) is 11.8. The Morgan fingerprint density at radius 2 is 0.911 bits per heavy atom. The Balaban J connectivity index is 1.30. The van der Waals surface area contributed by atoms with Gasteiger partial charge >= 0.3 is 0 Å². The number of rotatable bonds is 5. The van der Waals surface area contributed by atoms with Crippen LogP contribution < -0.4 is 31.3 Å². The molecule has 0 N–H and O–H groups in total. The van der Waals surface area contributed by atoms with Crippen LogP contribution in [0.3, 0.4) is 0 Å². The summed E-state index contributed by atoms with van der Waals surface area (Å²) in [5, 5.41) is 1.18. The molecule has 4 aliphatic rings. The van der Waals surface area contributed by atoms with Crippen LogP contribution >= 0.6 is 0 Å². The van der Waals surface area contributed by atoms with Gasteiger partial charge in [0, 0.05) is 45.2 Å². The van der Waals surface area contributed by atoms with Crippen molar-refractivity contribution in [1.82, 2.24) is 0 Å². The molecule has 0 spiro atoms. The summed E-state index contributed by atoms with van der Waals surface area (Å²) in [4.78, 5) is 7.86. The van der Waals surface area contributed by atoms with Gasteiger partial charge in [0.1, 0.15) is 5.58 Å². The zero-order chi connectivity index (χ0) is 56.5. The third-order valence-corrected chi connectivity index (χ3v) is 19.5. The van der Waals surface area contributed by atoms with Gasteiger partial charge in [0.25, 0.3) is 6.71 Å². The van der Waals surface area contributed by atoms with Crippen molar-refractivity contribution in [3.8, 4) is 0 Å². The minimum absolute atomic E-state index is 0.000224. The van der Waals surface area contributed by atoms with Gasteiger partial charge in [-0.2, -0.15) is 0 Å². The Bertz CT molecular complexity index is 3710. The molecule has 0 bridgehead atoms. The van der Waals surface area contributed by atoms with Crippen molar-refractivity contribution in [1.29, 1.82) is 0 Å². The fourth-order valence-electron chi connectivity index (χ4n) is 14.0. The number of hydrogen-bond acceptors (Lipinski definition) is 4. The van der Waals surface area contributed by atoms with E-state index < -0.39 is 0 Å². The van der Waals surface area contributed by atoms with Gasteiger partial charge in [-0.1, -0.05) is 178 Å². The number of furan rings is 1. The van der Waals surface area contributed by atoms with Crippen LogP contribution in [0.4, 0.5) is 51.2 Å². The molecular formula is C74H86BN3O. The SMILES string of the molecule is Cc1ccccc1N(c1cc2c3c(c1)N(c1ccc(C(C)(C)C)cc1)c1c(oc4cc5c(cc14)C(C)(C)CCC5(C)C)B3c1cc3c(cc1N2c1cc(C(C)(C)C)cc(C(C)(C)C)c1)C(C)(C)CCC3(C)C)c1ccccc1C. The normalized spacial score (nSPS) is 17.7. The second kappa shape index (κ2) is 17.5. The lowest BCUT2D eigenvalue weighted by Gasteiger charge is -2.47. The van der Waals surface area contributed by atoms with Gasteiger partial charge in [-0.3, -0.25) is 0 Å². The molecule has 0 saturated heterocycles. The number of para-hydroxylation sites is 2. The fourth-order valence-corrected chi connectivity index (χ4v) is 14.0. The molecule has 12 rings (SSSR count). The topological polar surface area (TPSA) is 22.9 Å². The molecule has 0 radical (unpaired) electrons. The Labute approximate surface area is 474 Å². The minimum Gasteiger partial charge on any atom is -0.468 e. The van der Waals surface area contributed by atoms with Crippen LogP contribution in [0.2, 0.25) is 0 Å². The molecule has 79 heavy (non-hydrogen) atoms. The van der Waals surface area contributed by atoms with Gasteiger partial charge in [0.15, 0.2) is 0 Å². The standard InChI is InChI=1S/C74H86BN3O/c1-45-24-20-22-26-59(45)76(60-27-23-21-25-46(60)2)52-39-62-65-63(40-52)78(50-30-28-47(29-31-50)68(3,4)5)66-53-41-54-57(74(18,19)35-32-71(54,12)13)44-64(53)79-67(66)75(65)58-42-55-56(73(16,17)34-33-72(55,14)15)43-61(58)77(62)51-37-48(69(6,7)8)36-49(38-51)70(9,10)11/h20-31,36-44H,32-35H2,1-19H3. The molecule has 406 valence electrons. The highest BCUT2D eigenvalue weighted by atomic mass is 16.3. The summed E-state index contributed by atoms with van der Waals surface area (Å²) in [6.07, 6.45) is 4.53. The molecule has 0 fully saturated rings. The maximum absolute atomic E-state index is 7.84. The number of fused-ring (bicyclic) bond motifs is 8. The van der Waals surface area contributed by atoms with E-state index in [4.69, 9.17) is 4.42 Å². The second-order valence-electron chi connectivity index (χ2n) is 30.2. The summed E-state index contributed by atoms with van der Waals surface area (Å²) < 4.78 is 7.84. The third-order valence-electron chi connectivity index (χ3n) is 19.5. The molecule has 0 atom stereocenters. The number of nitrogens with zero attached hydrogens (tertiary/aromatic N) is 3. The van der Waals surface area contributed by atoms with Gasteiger partial charge < -0.3 is 19.1 Å². The maximum atomic E-state index is 7.84. The van der Waals surface area contributed by atoms with Crippen molar-refractivity contribution >= 4 is 85.5 Å². The average molecular weight is 1040 g/mol. The molecule has 8 aromatic rings. The monoisotopic (exact) mass is 1040 g/mol. The van der Waals surface area contributed by atoms with Crippen molar-refractivity contribution in [2.24, 2.45) is 0 Å². The van der Waals surface area contributed by atoms with Crippen molar-refractivity contribution in [2.45, 2.75) is 195 Å². The lowest BCUT2D eigenvalue weighted by molar-refractivity contribution is 0.332. The first-order valence-corrected chi connectivity index (χ1v) is 29.6. The van der Waals surface area contributed by atoms with E-state index in [1.54, 1.807) is 0 Å². The van der Waals surface area contributed by atoms with E-state index in [0.717, 1.165) is 65.4 Å². The highest BCUT2D eigenvalue weighted by Gasteiger charge is 2.50. The molecule has 0 saturated carbocycles. The number of aryl methyl sites for hydroxylation is 2. The van der Waals surface area contributed by atoms with Gasteiger partial charge in [0.2, 0.25) is 0 Å². The summed E-state index contributed by atoms with van der Waals surface area (Å²) in [5.74, 6) is 0. The van der Waals surface area contributed by atoms with Crippen molar-refractivity contribution < 1.29 is 4.42 Å². The van der Waals surface area contributed by atoms with E-state index >= 15 is 0 Å². The van der Waals surface area contributed by atoms with Crippen LogP contribution in [-0.4, -0.2) is 6.71 Å². The molecule has 5 heteroatoms. The first-order chi connectivity index (χ1) is 36.9. The lowest BCUT2D eigenvalue weighted by atomic mass is 9.35. The van der Waals surface area contributed by atoms with E-state index in [0.29, 0.717) is 0 Å². The van der Waals surface area contributed by atoms with Crippen molar-refractivity contribution in [3.63, 3.8) is 0 Å². The number of hydrogen-bond donors (Lipinski definition) is 0. The summed E-state index contributed by atoms with van der Waals surface area (Å²) >= 11 is 0. The fraction of sp³-hybridized carbons (Fsp3) is 0.405. The van der Waals surface area contributed by atoms with Crippen molar-refractivity contribution in [3.05, 3.63) is 177 Å². The quantitative estimate of drug-likeness (QED) is 0.160. The Morgan fingerprint density at radius 1 is 0.456 bits per heavy atom. The number of benzene rings is 7. The highest BCUT2D eigenvalue weighted by molar-refractivity contribution is 7.00. The predicted octanol–water partition coefficient (Wildman–Crippen LogP) is 19.2. The van der Waals surface area contributed by atoms with Gasteiger partial charge in [-0.15, -0.1) is 0 Å². The molecule has 4 nitrogen and oxygen atoms in total. The minimum atomic E-state index is -0.208. The third kappa shape index (κ3) is 8.52. The van der Waals surface area contributed by atoms with E-state index in [1.807, 2.05) is 0 Å². The summed E-state index contributed by atoms with van der Waals surface area (Å²) in [6, 6.07) is 50.3. The molecule has 0 amide bonds. The summed E-state index contributed by atoms with van der Waals surface area (Å²) in [5.41, 5.74) is 27.0. The van der Waals surface area contributed by atoms with Crippen LogP contribution in [0.25, 0.3) is 11.0 Å². The summed E-state index contributed by atoms with van der Waals surface area (Å²) in [7, 11) is 0. The molecular weight excluding hydrogens is 958 g/mol. The lowest BCUT2D eigenvalue weighted by Crippen LogP contribution is -2.61. The first-order valence-electron chi connectivity index (χ1n) is 29.6. The predicted molar refractivity (Wildman–Crippen MR) is 341 cm³/mol. The van der Waals surface area contributed by atoms with Gasteiger partial charge in [0.05, 0.1) is 17.0 Å². The number of anilines is 9. The average Bonchev–Trinajstić information content (AvgIpc) is 3.46. The molecule has 2 aliphatic heterocycles. The van der Waals surface area contributed by atoms with Crippen LogP contribution in [-0.2, 0) is 37.9 Å². The Morgan fingerprint density at radius 3 is 1.41 bits per heavy atom. The van der Waals surface area contributed by atoms with Gasteiger partial charge in [-0.05, 0) is 205 Å². The highest BCUT2D eigenvalue weighted by Crippen LogP contribution is 2.55. The summed E-state index contributed by atoms with van der Waals surface area (Å²) in [6.45, 7) is 45.2. The molecule has 7 aromatic carbocycles. The van der Waals surface area contributed by atoms with Crippen LogP contribution in [0, 0.1) is 13.8 Å². The van der Waals surface area contributed by atoms with Crippen LogP contribution in [0.1, 0.15) is 193 Å². The smallest absolute Gasteiger partial charge is 0.297 e. The zero-order valence-corrected chi connectivity index (χ0v) is 51.3.